The molecule has 0 aliphatic rings. The van der Waals surface area contributed by atoms with Crippen LogP contribution < -0.4 is 0 Å². The van der Waals surface area contributed by atoms with Crippen LogP contribution in [0.5, 0.6) is 0 Å². The van der Waals surface area contributed by atoms with E-state index in [-0.39, 0.29) is 37.7 Å². The maximum Gasteiger partial charge on any atom is 0.305 e. The summed E-state index contributed by atoms with van der Waals surface area (Å²) in [6.07, 6.45) is 13.4. The summed E-state index contributed by atoms with van der Waals surface area (Å²) in [6.45, 7) is 7.23. The molecule has 0 aromatic heterocycles. The highest BCUT2D eigenvalue weighted by atomic mass is 16.6. The molecule has 7 heteroatoms. The lowest BCUT2D eigenvalue weighted by atomic mass is 9.94. The van der Waals surface area contributed by atoms with Gasteiger partial charge in [-0.25, -0.2) is 0 Å². The Kier molecular flexibility index (Phi) is 20.6. The van der Waals surface area contributed by atoms with E-state index in [9.17, 15) is 14.4 Å². The maximum atomic E-state index is 12.2. The topological polar surface area (TPSA) is 82.1 Å². The number of ether oxygens (including phenoxy) is 3. The van der Waals surface area contributed by atoms with Crippen LogP contribution in [0.3, 0.4) is 0 Å². The molecule has 7 nitrogen and oxygen atoms in total. The molecule has 35 heavy (non-hydrogen) atoms. The van der Waals surface area contributed by atoms with Crippen LogP contribution in [-0.2, 0) is 28.6 Å². The minimum atomic E-state index is -0.769. The van der Waals surface area contributed by atoms with E-state index in [0.29, 0.717) is 19.3 Å². The molecule has 0 N–H and O–H groups in total. The van der Waals surface area contributed by atoms with Gasteiger partial charge < -0.3 is 19.1 Å². The number of nitrogens with zero attached hydrogens (tertiary/aromatic N) is 1. The molecule has 206 valence electrons. The molecular weight excluding hydrogens is 446 g/mol. The highest BCUT2D eigenvalue weighted by Gasteiger charge is 2.30. The minimum absolute atomic E-state index is 0.0487. The smallest absolute Gasteiger partial charge is 0.305 e. The van der Waals surface area contributed by atoms with Crippen molar-refractivity contribution >= 4 is 17.9 Å². The Morgan fingerprint density at radius 1 is 0.571 bits per heavy atom. The summed E-state index contributed by atoms with van der Waals surface area (Å²) in [5, 5.41) is 0. The van der Waals surface area contributed by atoms with E-state index in [1.165, 1.54) is 12.8 Å². The molecule has 0 saturated heterocycles. The predicted octanol–water partition coefficient (Wildman–Crippen LogP) is 6.08. The summed E-state index contributed by atoms with van der Waals surface area (Å²) in [5.41, 5.74) is -0.769. The summed E-state index contributed by atoms with van der Waals surface area (Å²) >= 11 is 0. The van der Waals surface area contributed by atoms with Crippen molar-refractivity contribution in [2.75, 3.05) is 40.5 Å². The van der Waals surface area contributed by atoms with E-state index in [1.54, 1.807) is 0 Å². The summed E-state index contributed by atoms with van der Waals surface area (Å²) in [6, 6.07) is 0. The fraction of sp³-hybridized carbons (Fsp3) is 0.893. The molecule has 0 spiro atoms. The third-order valence-corrected chi connectivity index (χ3v) is 5.95. The number of hydrogen-bond acceptors (Lipinski definition) is 7. The van der Waals surface area contributed by atoms with Crippen molar-refractivity contribution in [2.45, 2.75) is 117 Å². The van der Waals surface area contributed by atoms with Crippen molar-refractivity contribution in [3.8, 4) is 0 Å². The second-order valence-corrected chi connectivity index (χ2v) is 10.4. The first-order valence-corrected chi connectivity index (χ1v) is 13.8. The van der Waals surface area contributed by atoms with E-state index in [2.05, 4.69) is 18.7 Å². The summed E-state index contributed by atoms with van der Waals surface area (Å²) in [7, 11) is 4.01. The maximum absolute atomic E-state index is 12.2. The molecule has 0 aromatic carbocycles. The van der Waals surface area contributed by atoms with Gasteiger partial charge in [-0.15, -0.1) is 0 Å². The summed E-state index contributed by atoms with van der Waals surface area (Å²) in [4.78, 5) is 38.7. The van der Waals surface area contributed by atoms with Gasteiger partial charge >= 0.3 is 17.9 Å². The molecule has 0 rings (SSSR count). The first kappa shape index (κ1) is 33.4. The van der Waals surface area contributed by atoms with Crippen LogP contribution in [0.2, 0.25) is 0 Å². The number of carbonyl (C=O) groups is 3. The number of hydrogen-bond donors (Lipinski definition) is 0. The monoisotopic (exact) mass is 499 g/mol. The quantitative estimate of drug-likeness (QED) is 0.0957. The fourth-order valence-corrected chi connectivity index (χ4v) is 3.55. The van der Waals surface area contributed by atoms with Gasteiger partial charge in [0, 0.05) is 19.3 Å². The van der Waals surface area contributed by atoms with Crippen molar-refractivity contribution < 1.29 is 28.6 Å². The van der Waals surface area contributed by atoms with Crippen LogP contribution in [-0.4, -0.2) is 63.3 Å². The van der Waals surface area contributed by atoms with Crippen LogP contribution >= 0.6 is 0 Å². The largest absolute Gasteiger partial charge is 0.465 e. The highest BCUT2D eigenvalue weighted by Crippen LogP contribution is 2.21. The average molecular weight is 500 g/mol. The van der Waals surface area contributed by atoms with E-state index in [0.717, 1.165) is 70.8 Å². The first-order chi connectivity index (χ1) is 16.7. The van der Waals surface area contributed by atoms with Crippen molar-refractivity contribution in [3.63, 3.8) is 0 Å². The molecular formula is C28H53NO6. The Morgan fingerprint density at radius 3 is 1.26 bits per heavy atom. The highest BCUT2D eigenvalue weighted by molar-refractivity contribution is 5.70. The van der Waals surface area contributed by atoms with Gasteiger partial charge in [0.15, 0.2) is 0 Å². The second kappa shape index (κ2) is 21.6. The minimum Gasteiger partial charge on any atom is -0.465 e. The van der Waals surface area contributed by atoms with Gasteiger partial charge in [-0.3, -0.25) is 14.4 Å². The fourth-order valence-electron chi connectivity index (χ4n) is 3.55. The van der Waals surface area contributed by atoms with Crippen LogP contribution in [0.15, 0.2) is 0 Å². The zero-order valence-electron chi connectivity index (χ0n) is 23.3. The number of esters is 3. The molecule has 0 amide bonds. The average Bonchev–Trinajstić information content (AvgIpc) is 2.82. The van der Waals surface area contributed by atoms with Crippen molar-refractivity contribution in [1.29, 1.82) is 0 Å². The lowest BCUT2D eigenvalue weighted by molar-refractivity contribution is -0.160. The van der Waals surface area contributed by atoms with E-state index < -0.39 is 5.41 Å². The Hall–Kier alpha value is -1.63. The number of unbranched alkanes of at least 4 members (excludes halogenated alkanes) is 9. The Labute approximate surface area is 214 Å². The van der Waals surface area contributed by atoms with Crippen molar-refractivity contribution in [2.24, 2.45) is 5.41 Å². The van der Waals surface area contributed by atoms with E-state index in [4.69, 9.17) is 14.2 Å². The van der Waals surface area contributed by atoms with Crippen LogP contribution in [0, 0.1) is 5.41 Å². The Morgan fingerprint density at radius 2 is 0.914 bits per heavy atom. The standard InChI is InChI=1S/C28H53NO6/c1-6-8-10-12-14-18-25(30)33-22-28(3,23-34-26(31)19-15-13-11-9-7-2)24-35-27(32)20-16-17-21-29(4)5/h6-24H2,1-5H3. The van der Waals surface area contributed by atoms with Gasteiger partial charge in [0.25, 0.3) is 0 Å². The molecule has 0 atom stereocenters. The summed E-state index contributed by atoms with van der Waals surface area (Å²) < 4.78 is 16.5. The molecule has 0 bridgehead atoms. The van der Waals surface area contributed by atoms with Gasteiger partial charge in [0.05, 0.1) is 5.41 Å². The van der Waals surface area contributed by atoms with E-state index >= 15 is 0 Å². The third-order valence-electron chi connectivity index (χ3n) is 5.95. The predicted molar refractivity (Wildman–Crippen MR) is 140 cm³/mol. The zero-order chi connectivity index (χ0) is 26.4. The van der Waals surface area contributed by atoms with Gasteiger partial charge in [-0.05, 0) is 53.2 Å². The molecule has 0 unspecified atom stereocenters. The normalized spacial score (nSPS) is 11.5. The SMILES string of the molecule is CCCCCCCC(=O)OCC(C)(COC(=O)CCCCCCC)COC(=O)CCCCN(C)C. The zero-order valence-corrected chi connectivity index (χ0v) is 23.3. The number of rotatable bonds is 23. The van der Waals surface area contributed by atoms with Crippen molar-refractivity contribution in [3.05, 3.63) is 0 Å². The molecule has 0 aliphatic heterocycles. The van der Waals surface area contributed by atoms with Crippen LogP contribution in [0.25, 0.3) is 0 Å². The lowest BCUT2D eigenvalue weighted by Gasteiger charge is -2.28. The first-order valence-electron chi connectivity index (χ1n) is 13.8. The Balaban J connectivity index is 4.60. The van der Waals surface area contributed by atoms with Crippen LogP contribution in [0.1, 0.15) is 117 Å². The van der Waals surface area contributed by atoms with Gasteiger partial charge in [-0.2, -0.15) is 0 Å². The van der Waals surface area contributed by atoms with Gasteiger partial charge in [0.1, 0.15) is 19.8 Å². The molecule has 0 aliphatic carbocycles. The van der Waals surface area contributed by atoms with E-state index in [1.807, 2.05) is 21.0 Å². The number of carbonyl (C=O) groups excluding carboxylic acids is 3. The molecule has 0 fully saturated rings. The molecule has 0 saturated carbocycles. The molecule has 0 aromatic rings. The Bertz CT molecular complexity index is 534. The summed E-state index contributed by atoms with van der Waals surface area (Å²) in [5.74, 6) is -0.797. The second-order valence-electron chi connectivity index (χ2n) is 10.4. The lowest BCUT2D eigenvalue weighted by Crippen LogP contribution is -2.37. The third kappa shape index (κ3) is 21.4. The van der Waals surface area contributed by atoms with Crippen LogP contribution in [0.4, 0.5) is 0 Å². The molecule has 0 heterocycles. The van der Waals surface area contributed by atoms with Gasteiger partial charge in [0.2, 0.25) is 0 Å². The van der Waals surface area contributed by atoms with Crippen molar-refractivity contribution in [1.82, 2.24) is 4.90 Å². The van der Waals surface area contributed by atoms with Gasteiger partial charge in [-0.1, -0.05) is 65.2 Å². The molecule has 0 radical (unpaired) electrons.